The predicted octanol–water partition coefficient (Wildman–Crippen LogP) is 5.16. The summed E-state index contributed by atoms with van der Waals surface area (Å²) in [6.07, 6.45) is 2.80. The molecule has 0 radical (unpaired) electrons. The summed E-state index contributed by atoms with van der Waals surface area (Å²) in [5.41, 5.74) is 2.68. The number of aryl methyl sites for hydroxylation is 1. The Balaban J connectivity index is 1.76. The molecule has 0 spiro atoms. The number of guanidine groups is 1. The fourth-order valence-electron chi connectivity index (χ4n) is 3.85. The number of urea groups is 1. The third kappa shape index (κ3) is 6.14. The number of carbonyl (C=O) groups excluding carboxylic acids is 1. The number of hydrogen-bond donors (Lipinski definition) is 2. The van der Waals surface area contributed by atoms with Crippen LogP contribution >= 0.6 is 11.6 Å². The number of carbonyl (C=O) groups is 1. The maximum atomic E-state index is 12.9. The first-order valence-corrected chi connectivity index (χ1v) is 11.1. The molecule has 0 saturated carbocycles. The number of amides is 2. The van der Waals surface area contributed by atoms with Crippen LogP contribution in [0.1, 0.15) is 25.8 Å². The Morgan fingerprint density at radius 3 is 2.56 bits per heavy atom. The van der Waals surface area contributed by atoms with E-state index in [1.807, 2.05) is 42.3 Å². The number of para-hydroxylation sites is 1. The van der Waals surface area contributed by atoms with Crippen molar-refractivity contribution in [1.82, 2.24) is 9.80 Å². The highest BCUT2D eigenvalue weighted by Gasteiger charge is 2.32. The molecule has 1 heterocycles. The number of nitrogens with one attached hydrogen (secondary N) is 2. The maximum absolute atomic E-state index is 12.9. The number of halogens is 1. The lowest BCUT2D eigenvalue weighted by molar-refractivity contribution is 0.132. The second-order valence-corrected chi connectivity index (χ2v) is 8.77. The van der Waals surface area contributed by atoms with Crippen LogP contribution in [0.5, 0.6) is 0 Å². The van der Waals surface area contributed by atoms with E-state index < -0.39 is 0 Å². The minimum absolute atomic E-state index is 0.0309. The van der Waals surface area contributed by atoms with E-state index in [0.717, 1.165) is 17.7 Å². The molecule has 1 atom stereocenters. The van der Waals surface area contributed by atoms with Crippen molar-refractivity contribution in [2.75, 3.05) is 30.3 Å². The summed E-state index contributed by atoms with van der Waals surface area (Å²) < 4.78 is 0. The van der Waals surface area contributed by atoms with E-state index in [-0.39, 0.29) is 12.1 Å². The van der Waals surface area contributed by atoms with Crippen LogP contribution in [0.25, 0.3) is 0 Å². The molecule has 0 aliphatic carbocycles. The van der Waals surface area contributed by atoms with Gasteiger partial charge in [0.15, 0.2) is 0 Å². The van der Waals surface area contributed by atoms with Gasteiger partial charge in [0.25, 0.3) is 0 Å². The van der Waals surface area contributed by atoms with Gasteiger partial charge in [-0.05, 0) is 55.2 Å². The Bertz CT molecular complexity index is 998. The van der Waals surface area contributed by atoms with Crippen molar-refractivity contribution in [2.45, 2.75) is 33.2 Å². The van der Waals surface area contributed by atoms with Crippen LogP contribution in [-0.2, 0) is 0 Å². The van der Waals surface area contributed by atoms with Gasteiger partial charge in [-0.3, -0.25) is 0 Å². The first kappa shape index (κ1) is 23.4. The van der Waals surface area contributed by atoms with Gasteiger partial charge in [-0.2, -0.15) is 5.26 Å². The van der Waals surface area contributed by atoms with Crippen LogP contribution < -0.4 is 10.6 Å². The number of anilines is 2. The standard InChI is InChI=1S/C24H29ClN6O/c1-17(2)14-21-15-30(24(32)28-20-10-8-19(25)9-11-20)12-13-31(21)23(27-16-26)29-22-7-5-4-6-18(22)3/h4-11,17,21H,12-15H2,1-3H3,(H,27,29)(H,28,32). The quantitative estimate of drug-likeness (QED) is 0.381. The first-order chi connectivity index (χ1) is 15.4. The van der Waals surface area contributed by atoms with Gasteiger partial charge in [0.2, 0.25) is 12.2 Å². The lowest BCUT2D eigenvalue weighted by Gasteiger charge is -2.43. The third-order valence-electron chi connectivity index (χ3n) is 5.43. The Labute approximate surface area is 194 Å². The van der Waals surface area contributed by atoms with Gasteiger partial charge in [0.05, 0.1) is 0 Å². The van der Waals surface area contributed by atoms with Crippen molar-refractivity contribution in [1.29, 1.82) is 5.26 Å². The highest BCUT2D eigenvalue weighted by Crippen LogP contribution is 2.22. The number of nitriles is 1. The zero-order valence-corrected chi connectivity index (χ0v) is 19.4. The summed E-state index contributed by atoms with van der Waals surface area (Å²) in [4.78, 5) is 20.9. The molecule has 8 heteroatoms. The van der Waals surface area contributed by atoms with Crippen LogP contribution in [0, 0.1) is 24.3 Å². The number of hydrogen-bond acceptors (Lipinski definition) is 3. The van der Waals surface area contributed by atoms with Crippen molar-refractivity contribution >= 4 is 35.0 Å². The Morgan fingerprint density at radius 2 is 1.91 bits per heavy atom. The average Bonchev–Trinajstić information content (AvgIpc) is 2.76. The van der Waals surface area contributed by atoms with Gasteiger partial charge in [-0.15, -0.1) is 4.99 Å². The van der Waals surface area contributed by atoms with E-state index in [4.69, 9.17) is 11.6 Å². The minimum Gasteiger partial charge on any atom is -0.335 e. The predicted molar refractivity (Wildman–Crippen MR) is 130 cm³/mol. The highest BCUT2D eigenvalue weighted by molar-refractivity contribution is 6.30. The number of piperazine rings is 1. The molecule has 2 aromatic rings. The number of benzene rings is 2. The van der Waals surface area contributed by atoms with Gasteiger partial charge >= 0.3 is 6.03 Å². The maximum Gasteiger partial charge on any atom is 0.321 e. The SMILES string of the molecule is Cc1ccccc1N/C(=N/C#N)N1CCN(C(=O)Nc2ccc(Cl)cc2)CC1CC(C)C. The smallest absolute Gasteiger partial charge is 0.321 e. The van der Waals surface area contributed by atoms with Gasteiger partial charge in [-0.1, -0.05) is 43.6 Å². The van der Waals surface area contributed by atoms with Crippen LogP contribution in [0.15, 0.2) is 53.5 Å². The van der Waals surface area contributed by atoms with E-state index in [9.17, 15) is 10.1 Å². The van der Waals surface area contributed by atoms with Crippen LogP contribution in [0.4, 0.5) is 16.2 Å². The van der Waals surface area contributed by atoms with Gasteiger partial charge in [-0.25, -0.2) is 4.79 Å². The highest BCUT2D eigenvalue weighted by atomic mass is 35.5. The second-order valence-electron chi connectivity index (χ2n) is 8.34. The molecular weight excluding hydrogens is 424 g/mol. The van der Waals surface area contributed by atoms with Crippen molar-refractivity contribution < 1.29 is 4.79 Å². The molecule has 1 aliphatic heterocycles. The van der Waals surface area contributed by atoms with Crippen LogP contribution in [0.2, 0.25) is 5.02 Å². The summed E-state index contributed by atoms with van der Waals surface area (Å²) in [5.74, 6) is 0.939. The van der Waals surface area contributed by atoms with E-state index in [1.165, 1.54) is 0 Å². The fourth-order valence-corrected chi connectivity index (χ4v) is 3.97. The lowest BCUT2D eigenvalue weighted by Crippen LogP contribution is -2.58. The molecule has 0 aromatic heterocycles. The normalized spacial score (nSPS) is 16.6. The van der Waals surface area contributed by atoms with E-state index in [2.05, 4.69) is 34.4 Å². The van der Waals surface area contributed by atoms with Gasteiger partial charge < -0.3 is 20.4 Å². The molecule has 3 rings (SSSR count). The first-order valence-electron chi connectivity index (χ1n) is 10.7. The summed E-state index contributed by atoms with van der Waals surface area (Å²) >= 11 is 5.93. The molecule has 168 valence electrons. The zero-order chi connectivity index (χ0) is 23.1. The van der Waals surface area contributed by atoms with Crippen molar-refractivity contribution in [2.24, 2.45) is 10.9 Å². The van der Waals surface area contributed by atoms with Crippen molar-refractivity contribution in [3.63, 3.8) is 0 Å². The molecule has 0 bridgehead atoms. The second kappa shape index (κ2) is 10.9. The third-order valence-corrected chi connectivity index (χ3v) is 5.68. The lowest BCUT2D eigenvalue weighted by atomic mass is 10.00. The van der Waals surface area contributed by atoms with Crippen LogP contribution in [-0.4, -0.2) is 47.5 Å². The summed E-state index contributed by atoms with van der Waals surface area (Å²) in [6, 6.07) is 14.8. The molecule has 7 nitrogen and oxygen atoms in total. The molecule has 2 aromatic carbocycles. The van der Waals surface area contributed by atoms with E-state index >= 15 is 0 Å². The molecule has 1 fully saturated rings. The number of nitrogens with zero attached hydrogens (tertiary/aromatic N) is 4. The largest absolute Gasteiger partial charge is 0.335 e. The molecule has 2 N–H and O–H groups in total. The topological polar surface area (TPSA) is 83.8 Å². The summed E-state index contributed by atoms with van der Waals surface area (Å²) in [7, 11) is 0. The van der Waals surface area contributed by atoms with E-state index in [1.54, 1.807) is 24.3 Å². The molecule has 1 aliphatic rings. The molecule has 2 amide bonds. The molecule has 32 heavy (non-hydrogen) atoms. The Kier molecular flexibility index (Phi) is 7.96. The monoisotopic (exact) mass is 452 g/mol. The Hall–Kier alpha value is -3.24. The number of aliphatic imine (C=N–C) groups is 1. The van der Waals surface area contributed by atoms with Crippen molar-refractivity contribution in [3.05, 3.63) is 59.1 Å². The van der Waals surface area contributed by atoms with Gasteiger partial charge in [0.1, 0.15) is 0 Å². The summed E-state index contributed by atoms with van der Waals surface area (Å²) in [5, 5.41) is 16.2. The fraction of sp³-hybridized carbons (Fsp3) is 0.375. The van der Waals surface area contributed by atoms with Crippen LogP contribution in [0.3, 0.4) is 0 Å². The average molecular weight is 453 g/mol. The summed E-state index contributed by atoms with van der Waals surface area (Å²) in [6.45, 7) is 7.95. The minimum atomic E-state index is -0.147. The Morgan fingerprint density at radius 1 is 1.19 bits per heavy atom. The molecular formula is C24H29ClN6O. The number of rotatable bonds is 4. The molecule has 1 saturated heterocycles. The molecule has 1 unspecified atom stereocenters. The van der Waals surface area contributed by atoms with E-state index in [0.29, 0.717) is 42.2 Å². The zero-order valence-electron chi connectivity index (χ0n) is 18.7. The van der Waals surface area contributed by atoms with Crippen molar-refractivity contribution in [3.8, 4) is 6.19 Å². The van der Waals surface area contributed by atoms with Gasteiger partial charge in [0, 0.05) is 42.1 Å².